The molecule has 0 aromatic rings. The van der Waals surface area contributed by atoms with Gasteiger partial charge >= 0.3 is 13.9 Å². The average Bonchev–Trinajstić information content (AvgIpc) is 3.53. The van der Waals surface area contributed by atoms with Gasteiger partial charge in [-0.1, -0.05) is 119 Å². The Morgan fingerprint density at radius 2 is 1.31 bits per heavy atom. The first-order valence-corrected chi connectivity index (χ1v) is 18.3. The van der Waals surface area contributed by atoms with Crippen molar-refractivity contribution in [1.29, 1.82) is 0 Å². The number of rotatable bonds is 25. The number of hydrogen-bond acceptors (Lipinski definition) is 6. The lowest BCUT2D eigenvalue weighted by Gasteiger charge is -2.27. The Kier molecular flexibility index (Phi) is 19.3. The van der Waals surface area contributed by atoms with Crippen molar-refractivity contribution >= 4 is 29.8 Å². The van der Waals surface area contributed by atoms with E-state index in [4.69, 9.17) is 18.5 Å². The monoisotopic (exact) mass is 639 g/mol. The molecule has 1 unspecified atom stereocenters. The maximum absolute atomic E-state index is 12.2. The van der Waals surface area contributed by atoms with Crippen LogP contribution in [0.3, 0.4) is 0 Å². The summed E-state index contributed by atoms with van der Waals surface area (Å²) in [5, 5.41) is 3.30. The molecule has 5 atom stereocenters. The summed E-state index contributed by atoms with van der Waals surface area (Å²) in [6.07, 6.45) is 22.5. The van der Waals surface area contributed by atoms with Gasteiger partial charge in [0.15, 0.2) is 0 Å². The van der Waals surface area contributed by atoms with E-state index in [0.717, 1.165) is 25.7 Å². The molecular weight excluding hydrogens is 585 g/mol. The fourth-order valence-electron chi connectivity index (χ4n) is 5.79. The Bertz CT molecular complexity index is 686. The Hall–Kier alpha value is -0.180. The van der Waals surface area contributed by atoms with Crippen molar-refractivity contribution < 1.29 is 32.8 Å². The highest BCUT2D eigenvalue weighted by molar-refractivity contribution is 9.09. The molecular formula is C29H55BrNO7P. The number of nitrogens with one attached hydrogen (secondary N) is 1. The van der Waals surface area contributed by atoms with Gasteiger partial charge in [-0.15, -0.1) is 0 Å². The van der Waals surface area contributed by atoms with Gasteiger partial charge in [0.05, 0.1) is 32.0 Å². The number of alkyl carbamates (subject to hydrolysis) is 1. The highest BCUT2D eigenvalue weighted by Gasteiger charge is 2.50. The highest BCUT2D eigenvalue weighted by Crippen LogP contribution is 2.48. The van der Waals surface area contributed by atoms with E-state index in [1.807, 2.05) is 0 Å². The first-order valence-electron chi connectivity index (χ1n) is 15.7. The van der Waals surface area contributed by atoms with E-state index in [1.54, 1.807) is 0 Å². The van der Waals surface area contributed by atoms with Crippen LogP contribution < -0.4 is 5.32 Å². The van der Waals surface area contributed by atoms with Crippen LogP contribution in [-0.2, 0) is 23.1 Å². The summed E-state index contributed by atoms with van der Waals surface area (Å²) in [4.78, 5) is 22.0. The molecule has 39 heavy (non-hydrogen) atoms. The van der Waals surface area contributed by atoms with E-state index < -0.39 is 13.9 Å². The van der Waals surface area contributed by atoms with Crippen LogP contribution in [0, 0.1) is 11.8 Å². The zero-order chi connectivity index (χ0) is 28.2. The molecule has 2 rings (SSSR count). The molecule has 8 nitrogen and oxygen atoms in total. The molecule has 0 aliphatic carbocycles. The molecule has 1 amide bonds. The molecule has 0 aromatic heterocycles. The fraction of sp³-hybridized carbons (Fsp3) is 0.966. The van der Waals surface area contributed by atoms with Crippen LogP contribution in [0.15, 0.2) is 0 Å². The number of unbranched alkanes of at least 4 members (excludes halogenated alkanes) is 15. The summed E-state index contributed by atoms with van der Waals surface area (Å²) in [7, 11) is -4.10. The summed E-state index contributed by atoms with van der Waals surface area (Å²) in [5.41, 5.74) is 0. The van der Waals surface area contributed by atoms with Gasteiger partial charge in [0.1, 0.15) is 0 Å². The van der Waals surface area contributed by atoms with Crippen molar-refractivity contribution in [3.8, 4) is 0 Å². The molecule has 0 saturated carbocycles. The molecule has 2 bridgehead atoms. The summed E-state index contributed by atoms with van der Waals surface area (Å²) >= 11 is 3.16. The molecule has 2 saturated heterocycles. The van der Waals surface area contributed by atoms with Crippen LogP contribution in [0.4, 0.5) is 4.79 Å². The number of carbonyl (C=O) groups excluding carboxylic acids is 1. The van der Waals surface area contributed by atoms with E-state index in [1.165, 1.54) is 89.9 Å². The van der Waals surface area contributed by atoms with Crippen molar-refractivity contribution in [1.82, 2.24) is 5.32 Å². The Morgan fingerprint density at radius 3 is 1.82 bits per heavy atom. The van der Waals surface area contributed by atoms with Gasteiger partial charge in [0.2, 0.25) is 0 Å². The Balaban J connectivity index is 1.42. The molecule has 2 N–H and O–H groups in total. The second-order valence-corrected chi connectivity index (χ2v) is 13.5. The SMILES string of the molecule is CCCCCCCCCCCCCCCCCCNC(=O)OC[C@@H]1[C@@H](COP(=O)(O)OCCBr)[C@@H]2CC[C@H]1O2. The molecule has 0 radical (unpaired) electrons. The minimum atomic E-state index is -4.10. The first kappa shape index (κ1) is 35.0. The van der Waals surface area contributed by atoms with Crippen LogP contribution in [0.25, 0.3) is 0 Å². The van der Waals surface area contributed by atoms with Crippen LogP contribution in [0.2, 0.25) is 0 Å². The number of ether oxygens (including phenoxy) is 2. The van der Waals surface area contributed by atoms with E-state index in [-0.39, 0.29) is 43.9 Å². The number of phosphoric ester groups is 1. The number of halogens is 1. The Morgan fingerprint density at radius 1 is 0.821 bits per heavy atom. The lowest BCUT2D eigenvalue weighted by atomic mass is 9.80. The predicted octanol–water partition coefficient (Wildman–Crippen LogP) is 8.30. The average molecular weight is 641 g/mol. The van der Waals surface area contributed by atoms with Crippen LogP contribution in [0.5, 0.6) is 0 Å². The molecule has 0 aromatic carbocycles. The smallest absolute Gasteiger partial charge is 0.449 e. The summed E-state index contributed by atoms with van der Waals surface area (Å²) < 4.78 is 33.5. The van der Waals surface area contributed by atoms with Gasteiger partial charge in [0.25, 0.3) is 0 Å². The van der Waals surface area contributed by atoms with E-state index in [2.05, 4.69) is 28.2 Å². The minimum Gasteiger partial charge on any atom is -0.449 e. The quantitative estimate of drug-likeness (QED) is 0.0588. The third-order valence-electron chi connectivity index (χ3n) is 8.06. The number of alkyl halides is 1. The lowest BCUT2D eigenvalue weighted by molar-refractivity contribution is 0.0699. The van der Waals surface area contributed by atoms with Gasteiger partial charge in [-0.3, -0.25) is 9.05 Å². The van der Waals surface area contributed by atoms with E-state index in [0.29, 0.717) is 11.9 Å². The summed E-state index contributed by atoms with van der Waals surface area (Å²) in [6.45, 7) is 3.25. The molecule has 2 aliphatic rings. The van der Waals surface area contributed by atoms with Crippen molar-refractivity contribution in [2.45, 2.75) is 135 Å². The molecule has 0 spiro atoms. The normalized spacial score (nSPS) is 23.7. The Labute approximate surface area is 245 Å². The number of hydrogen-bond donors (Lipinski definition) is 2. The third kappa shape index (κ3) is 15.6. The molecule has 2 heterocycles. The number of phosphoric acid groups is 1. The van der Waals surface area contributed by atoms with E-state index >= 15 is 0 Å². The van der Waals surface area contributed by atoms with Gasteiger partial charge in [-0.25, -0.2) is 9.36 Å². The van der Waals surface area contributed by atoms with Gasteiger partial charge in [-0.2, -0.15) is 0 Å². The van der Waals surface area contributed by atoms with Crippen LogP contribution in [-0.4, -0.2) is 54.9 Å². The third-order valence-corrected chi connectivity index (χ3v) is 9.37. The van der Waals surface area contributed by atoms with Crippen molar-refractivity contribution in [2.24, 2.45) is 11.8 Å². The molecule has 10 heteroatoms. The largest absolute Gasteiger partial charge is 0.472 e. The predicted molar refractivity (Wildman–Crippen MR) is 159 cm³/mol. The van der Waals surface area contributed by atoms with Crippen LogP contribution >= 0.6 is 23.8 Å². The standard InChI is InChI=1S/C29H55BrNO7P/c1-2-3-4-5-6-7-8-9-10-11-12-13-14-15-16-17-21-31-29(32)35-23-25-26(28-19-18-27(25)38-28)24-37-39(33,34)36-22-20-30/h25-28H,2-24H2,1H3,(H,31,32)(H,33,34)/t25-,26-,27-,28+/m1/s1. The number of fused-ring (bicyclic) bond motifs is 2. The fourth-order valence-corrected chi connectivity index (χ4v) is 6.96. The second kappa shape index (κ2) is 21.5. The summed E-state index contributed by atoms with van der Waals surface area (Å²) in [6, 6.07) is 0. The van der Waals surface area contributed by atoms with Crippen molar-refractivity contribution in [3.63, 3.8) is 0 Å². The van der Waals surface area contributed by atoms with Crippen LogP contribution in [0.1, 0.15) is 122 Å². The van der Waals surface area contributed by atoms with Crippen molar-refractivity contribution in [2.75, 3.05) is 31.7 Å². The first-order chi connectivity index (χ1) is 19.0. The van der Waals surface area contributed by atoms with Gasteiger partial charge in [0, 0.05) is 23.7 Å². The highest BCUT2D eigenvalue weighted by atomic mass is 79.9. The molecule has 230 valence electrons. The number of amides is 1. The second-order valence-electron chi connectivity index (χ2n) is 11.2. The molecule has 2 aliphatic heterocycles. The zero-order valence-corrected chi connectivity index (χ0v) is 26.8. The molecule has 2 fully saturated rings. The van der Waals surface area contributed by atoms with Gasteiger partial charge in [-0.05, 0) is 19.3 Å². The maximum atomic E-state index is 12.2. The summed E-state index contributed by atoms with van der Waals surface area (Å²) in [5.74, 6) is -0.133. The number of carbonyl (C=O) groups is 1. The van der Waals surface area contributed by atoms with E-state index in [9.17, 15) is 14.3 Å². The lowest BCUT2D eigenvalue weighted by Crippen LogP contribution is -2.36. The maximum Gasteiger partial charge on any atom is 0.472 e. The van der Waals surface area contributed by atoms with Crippen molar-refractivity contribution in [3.05, 3.63) is 0 Å². The zero-order valence-electron chi connectivity index (χ0n) is 24.3. The minimum absolute atomic E-state index is 0.00161. The van der Waals surface area contributed by atoms with Gasteiger partial charge < -0.3 is 19.7 Å². The topological polar surface area (TPSA) is 103 Å².